The van der Waals surface area contributed by atoms with Crippen molar-refractivity contribution in [1.29, 1.82) is 0 Å². The number of alkyl halides is 2. The van der Waals surface area contributed by atoms with E-state index in [9.17, 15) is 8.78 Å². The Bertz CT molecular complexity index is 581. The van der Waals surface area contributed by atoms with Crippen LogP contribution in [0.2, 0.25) is 0 Å². The van der Waals surface area contributed by atoms with Crippen molar-refractivity contribution in [3.05, 3.63) is 42.0 Å². The van der Waals surface area contributed by atoms with Gasteiger partial charge in [-0.3, -0.25) is 0 Å². The fourth-order valence-electron chi connectivity index (χ4n) is 2.15. The second-order valence-electron chi connectivity index (χ2n) is 4.96. The minimum atomic E-state index is -2.56. The number of halogens is 2. The molecule has 2 aromatic carbocycles. The lowest BCUT2D eigenvalue weighted by atomic mass is 9.91. The largest absolute Gasteiger partial charge is 0.496 e. The second kappa shape index (κ2) is 5.13. The molecule has 1 atom stereocenters. The van der Waals surface area contributed by atoms with Crippen LogP contribution < -0.4 is 10.5 Å². The predicted octanol–water partition coefficient (Wildman–Crippen LogP) is 3.37. The number of methoxy groups -OCH3 is 1. The van der Waals surface area contributed by atoms with E-state index in [0.717, 1.165) is 22.1 Å². The van der Waals surface area contributed by atoms with E-state index in [4.69, 9.17) is 10.5 Å². The van der Waals surface area contributed by atoms with Gasteiger partial charge in [0.05, 0.1) is 12.6 Å². The zero-order chi connectivity index (χ0) is 14.0. The molecule has 0 radical (unpaired) electrons. The first-order valence-electron chi connectivity index (χ1n) is 6.07. The highest BCUT2D eigenvalue weighted by Gasteiger charge is 2.31. The van der Waals surface area contributed by atoms with Crippen molar-refractivity contribution < 1.29 is 13.5 Å². The SMILES string of the molecule is COc1ccc(CC(C)(N)C(F)F)c2ccccc12. The molecule has 4 heteroatoms. The summed E-state index contributed by atoms with van der Waals surface area (Å²) in [5.74, 6) is 0.732. The summed E-state index contributed by atoms with van der Waals surface area (Å²) in [6.45, 7) is 1.37. The number of hydrogen-bond acceptors (Lipinski definition) is 2. The van der Waals surface area contributed by atoms with Crippen LogP contribution in [0.5, 0.6) is 5.75 Å². The Kier molecular flexibility index (Phi) is 3.71. The van der Waals surface area contributed by atoms with Gasteiger partial charge in [0.2, 0.25) is 0 Å². The van der Waals surface area contributed by atoms with Crippen LogP contribution in [0.15, 0.2) is 36.4 Å². The normalized spacial score (nSPS) is 14.6. The number of fused-ring (bicyclic) bond motifs is 1. The standard InChI is InChI=1S/C15H17F2NO/c1-15(18,14(16)17)9-10-7-8-13(19-2)12-6-4-3-5-11(10)12/h3-8,14H,9,18H2,1-2H3. The highest BCUT2D eigenvalue weighted by atomic mass is 19.3. The van der Waals surface area contributed by atoms with Gasteiger partial charge in [-0.15, -0.1) is 0 Å². The highest BCUT2D eigenvalue weighted by Crippen LogP contribution is 2.30. The smallest absolute Gasteiger partial charge is 0.256 e. The Hall–Kier alpha value is -1.68. The zero-order valence-corrected chi connectivity index (χ0v) is 11.0. The lowest BCUT2D eigenvalue weighted by Crippen LogP contribution is -2.45. The third kappa shape index (κ3) is 2.68. The lowest BCUT2D eigenvalue weighted by Gasteiger charge is -2.24. The van der Waals surface area contributed by atoms with Gasteiger partial charge in [-0.05, 0) is 30.4 Å². The van der Waals surface area contributed by atoms with Crippen molar-refractivity contribution in [2.75, 3.05) is 7.11 Å². The summed E-state index contributed by atoms with van der Waals surface area (Å²) >= 11 is 0. The first-order chi connectivity index (χ1) is 8.95. The molecule has 0 aromatic heterocycles. The first kappa shape index (κ1) is 13.7. The molecule has 0 aliphatic rings. The minimum absolute atomic E-state index is 0.120. The molecule has 2 rings (SSSR count). The van der Waals surface area contributed by atoms with Crippen LogP contribution in [0.1, 0.15) is 12.5 Å². The van der Waals surface area contributed by atoms with Crippen molar-refractivity contribution in [3.8, 4) is 5.75 Å². The maximum Gasteiger partial charge on any atom is 0.256 e. The summed E-state index contributed by atoms with van der Waals surface area (Å²) < 4.78 is 31.1. The first-order valence-corrected chi connectivity index (χ1v) is 6.07. The molecule has 0 aliphatic carbocycles. The highest BCUT2D eigenvalue weighted by molar-refractivity contribution is 5.91. The van der Waals surface area contributed by atoms with E-state index in [1.165, 1.54) is 6.92 Å². The summed E-state index contributed by atoms with van der Waals surface area (Å²) in [4.78, 5) is 0. The predicted molar refractivity (Wildman–Crippen MR) is 72.8 cm³/mol. The fourth-order valence-corrected chi connectivity index (χ4v) is 2.15. The zero-order valence-electron chi connectivity index (χ0n) is 11.0. The Morgan fingerprint density at radius 3 is 2.37 bits per heavy atom. The van der Waals surface area contributed by atoms with Crippen LogP contribution >= 0.6 is 0 Å². The molecule has 2 nitrogen and oxygen atoms in total. The molecular formula is C15H17F2NO. The van der Waals surface area contributed by atoms with E-state index >= 15 is 0 Å². The Morgan fingerprint density at radius 2 is 1.79 bits per heavy atom. The minimum Gasteiger partial charge on any atom is -0.496 e. The Morgan fingerprint density at radius 1 is 1.16 bits per heavy atom. The molecule has 0 saturated carbocycles. The van der Waals surface area contributed by atoms with Crippen LogP contribution in [0.25, 0.3) is 10.8 Å². The average Bonchev–Trinajstić information content (AvgIpc) is 2.38. The summed E-state index contributed by atoms with van der Waals surface area (Å²) in [5.41, 5.74) is 4.95. The molecule has 2 N–H and O–H groups in total. The van der Waals surface area contributed by atoms with E-state index in [2.05, 4.69) is 0 Å². The Labute approximate surface area is 111 Å². The van der Waals surface area contributed by atoms with Gasteiger partial charge < -0.3 is 10.5 Å². The monoisotopic (exact) mass is 265 g/mol. The maximum atomic E-state index is 12.9. The average molecular weight is 265 g/mol. The van der Waals surface area contributed by atoms with Gasteiger partial charge in [0, 0.05) is 5.39 Å². The van der Waals surface area contributed by atoms with Gasteiger partial charge in [0.15, 0.2) is 0 Å². The number of benzene rings is 2. The molecule has 0 bridgehead atoms. The molecule has 0 amide bonds. The van der Waals surface area contributed by atoms with Crippen molar-refractivity contribution in [2.45, 2.75) is 25.3 Å². The molecule has 0 spiro atoms. The summed E-state index contributed by atoms with van der Waals surface area (Å²) in [7, 11) is 1.59. The number of ether oxygens (including phenoxy) is 1. The molecular weight excluding hydrogens is 248 g/mol. The molecule has 1 unspecified atom stereocenters. The number of nitrogens with two attached hydrogens (primary N) is 1. The van der Waals surface area contributed by atoms with E-state index in [-0.39, 0.29) is 6.42 Å². The molecule has 102 valence electrons. The van der Waals surface area contributed by atoms with Gasteiger partial charge in [-0.2, -0.15) is 0 Å². The molecule has 0 saturated heterocycles. The van der Waals surface area contributed by atoms with Gasteiger partial charge >= 0.3 is 0 Å². The van der Waals surface area contributed by atoms with Crippen molar-refractivity contribution >= 4 is 10.8 Å². The van der Waals surface area contributed by atoms with E-state index in [0.29, 0.717) is 0 Å². The maximum absolute atomic E-state index is 12.9. The third-order valence-corrected chi connectivity index (χ3v) is 3.26. The van der Waals surface area contributed by atoms with Crippen molar-refractivity contribution in [1.82, 2.24) is 0 Å². The molecule has 19 heavy (non-hydrogen) atoms. The van der Waals surface area contributed by atoms with Gasteiger partial charge in [0.1, 0.15) is 5.75 Å². The van der Waals surface area contributed by atoms with Gasteiger partial charge in [-0.25, -0.2) is 8.78 Å². The fraction of sp³-hybridized carbons (Fsp3) is 0.333. The number of rotatable bonds is 4. The van der Waals surface area contributed by atoms with Crippen LogP contribution in [0.3, 0.4) is 0 Å². The third-order valence-electron chi connectivity index (χ3n) is 3.26. The lowest BCUT2D eigenvalue weighted by molar-refractivity contribution is 0.0641. The van der Waals surface area contributed by atoms with Crippen LogP contribution in [0, 0.1) is 0 Å². The van der Waals surface area contributed by atoms with E-state index in [1.54, 1.807) is 19.2 Å². The molecule has 0 fully saturated rings. The van der Waals surface area contributed by atoms with Crippen LogP contribution in [0.4, 0.5) is 8.78 Å². The number of hydrogen-bond donors (Lipinski definition) is 1. The molecule has 0 aliphatic heterocycles. The summed E-state index contributed by atoms with van der Waals surface area (Å²) in [5, 5.41) is 1.81. The van der Waals surface area contributed by atoms with Crippen LogP contribution in [-0.4, -0.2) is 19.1 Å². The van der Waals surface area contributed by atoms with Crippen LogP contribution in [-0.2, 0) is 6.42 Å². The topological polar surface area (TPSA) is 35.2 Å². The van der Waals surface area contributed by atoms with E-state index < -0.39 is 12.0 Å². The van der Waals surface area contributed by atoms with Crippen molar-refractivity contribution in [3.63, 3.8) is 0 Å². The quantitative estimate of drug-likeness (QED) is 0.919. The molecule has 2 aromatic rings. The van der Waals surface area contributed by atoms with E-state index in [1.807, 2.05) is 24.3 Å². The van der Waals surface area contributed by atoms with Crippen molar-refractivity contribution in [2.24, 2.45) is 5.73 Å². The molecule has 0 heterocycles. The Balaban J connectivity index is 2.51. The van der Waals surface area contributed by atoms with Gasteiger partial charge in [-0.1, -0.05) is 30.3 Å². The summed E-state index contributed by atoms with van der Waals surface area (Å²) in [6, 6.07) is 11.2. The summed E-state index contributed by atoms with van der Waals surface area (Å²) in [6.07, 6.45) is -2.44. The van der Waals surface area contributed by atoms with Gasteiger partial charge in [0.25, 0.3) is 6.43 Å². The second-order valence-corrected chi connectivity index (χ2v) is 4.96.